The first-order valence-corrected chi connectivity index (χ1v) is 5.27. The zero-order valence-corrected chi connectivity index (χ0v) is 9.16. The second-order valence-corrected chi connectivity index (χ2v) is 3.94. The molecule has 1 saturated heterocycles. The third kappa shape index (κ3) is 2.39. The van der Waals surface area contributed by atoms with Crippen LogP contribution in [-0.2, 0) is 4.79 Å². The van der Waals surface area contributed by atoms with Crippen LogP contribution >= 0.6 is 0 Å². The van der Waals surface area contributed by atoms with Gasteiger partial charge in [-0.3, -0.25) is 4.79 Å². The summed E-state index contributed by atoms with van der Waals surface area (Å²) in [5.74, 6) is 1.10. The Labute approximate surface area is 93.7 Å². The number of nitrogen functional groups attached to an aromatic ring is 1. The number of rotatable bonds is 3. The highest BCUT2D eigenvalue weighted by Gasteiger charge is 2.20. The van der Waals surface area contributed by atoms with Crippen molar-refractivity contribution in [3.63, 3.8) is 0 Å². The molecule has 0 aliphatic carbocycles. The molecule has 2 heterocycles. The first-order valence-electron chi connectivity index (χ1n) is 5.27. The second-order valence-electron chi connectivity index (χ2n) is 3.94. The van der Waals surface area contributed by atoms with E-state index in [1.807, 2.05) is 6.92 Å². The molecule has 0 radical (unpaired) electrons. The van der Waals surface area contributed by atoms with Crippen molar-refractivity contribution in [2.24, 2.45) is 0 Å². The molecule has 1 aliphatic heterocycles. The van der Waals surface area contributed by atoms with Gasteiger partial charge in [0.05, 0.1) is 0 Å². The van der Waals surface area contributed by atoms with Gasteiger partial charge < -0.3 is 16.4 Å². The number of hydrogen-bond acceptors (Lipinski definition) is 5. The predicted molar refractivity (Wildman–Crippen MR) is 60.8 cm³/mol. The van der Waals surface area contributed by atoms with E-state index >= 15 is 0 Å². The largest absolute Gasteiger partial charge is 0.368 e. The maximum absolute atomic E-state index is 11.0. The molecular weight excluding hydrogens is 206 g/mol. The Bertz CT molecular complexity index is 406. The molecule has 1 aromatic heterocycles. The smallest absolute Gasteiger partial charge is 0.221 e. The molecule has 1 amide bonds. The SMILES string of the molecule is Cc1cnc(N)nc1NCC1CCC(=O)N1. The molecule has 1 fully saturated rings. The highest BCUT2D eigenvalue weighted by atomic mass is 16.1. The highest BCUT2D eigenvalue weighted by molar-refractivity contribution is 5.78. The summed E-state index contributed by atoms with van der Waals surface area (Å²) in [6.07, 6.45) is 3.15. The Balaban J connectivity index is 1.94. The van der Waals surface area contributed by atoms with Gasteiger partial charge in [0.25, 0.3) is 0 Å². The van der Waals surface area contributed by atoms with Crippen molar-refractivity contribution >= 4 is 17.7 Å². The highest BCUT2D eigenvalue weighted by Crippen LogP contribution is 2.12. The van der Waals surface area contributed by atoms with E-state index < -0.39 is 0 Å². The molecule has 1 unspecified atom stereocenters. The summed E-state index contributed by atoms with van der Waals surface area (Å²) in [5.41, 5.74) is 6.44. The topological polar surface area (TPSA) is 92.9 Å². The van der Waals surface area contributed by atoms with Gasteiger partial charge in [-0.1, -0.05) is 0 Å². The minimum absolute atomic E-state index is 0.116. The van der Waals surface area contributed by atoms with Gasteiger partial charge in [-0.2, -0.15) is 4.98 Å². The number of carbonyl (C=O) groups excluding carboxylic acids is 1. The number of hydrogen-bond donors (Lipinski definition) is 3. The number of aromatic nitrogens is 2. The van der Waals surface area contributed by atoms with Crippen LogP contribution in [0.2, 0.25) is 0 Å². The Hall–Kier alpha value is -1.85. The standard InChI is InChI=1S/C10H15N5O/c1-6-4-13-10(11)15-9(6)12-5-7-2-3-8(16)14-7/h4,7H,2-3,5H2,1H3,(H,14,16)(H3,11,12,13,15). The lowest BCUT2D eigenvalue weighted by Gasteiger charge is -2.13. The maximum atomic E-state index is 11.0. The Morgan fingerprint density at radius 2 is 2.50 bits per heavy atom. The predicted octanol–water partition coefficient (Wildman–Crippen LogP) is 0.0577. The number of anilines is 2. The van der Waals surface area contributed by atoms with Crippen LogP contribution in [0.25, 0.3) is 0 Å². The Kier molecular flexibility index (Phi) is 2.89. The van der Waals surface area contributed by atoms with Crippen molar-refractivity contribution in [2.45, 2.75) is 25.8 Å². The van der Waals surface area contributed by atoms with E-state index in [2.05, 4.69) is 20.6 Å². The molecule has 0 aromatic carbocycles. The van der Waals surface area contributed by atoms with Crippen LogP contribution in [0.4, 0.5) is 11.8 Å². The number of carbonyl (C=O) groups is 1. The zero-order chi connectivity index (χ0) is 11.5. The minimum Gasteiger partial charge on any atom is -0.368 e. The normalized spacial score (nSPS) is 19.6. The molecule has 86 valence electrons. The third-order valence-corrected chi connectivity index (χ3v) is 2.59. The van der Waals surface area contributed by atoms with Crippen molar-refractivity contribution < 1.29 is 4.79 Å². The van der Waals surface area contributed by atoms with Gasteiger partial charge in [-0.25, -0.2) is 4.98 Å². The fraction of sp³-hybridized carbons (Fsp3) is 0.500. The minimum atomic E-state index is 0.116. The van der Waals surface area contributed by atoms with Crippen molar-refractivity contribution in [3.8, 4) is 0 Å². The van der Waals surface area contributed by atoms with E-state index in [1.165, 1.54) is 0 Å². The fourth-order valence-electron chi connectivity index (χ4n) is 1.68. The van der Waals surface area contributed by atoms with Gasteiger partial charge in [-0.05, 0) is 13.3 Å². The molecule has 6 heteroatoms. The van der Waals surface area contributed by atoms with E-state index in [0.717, 1.165) is 17.8 Å². The molecule has 1 atom stereocenters. The molecule has 1 aliphatic rings. The average Bonchev–Trinajstić information content (AvgIpc) is 2.66. The van der Waals surface area contributed by atoms with Crippen LogP contribution in [0.15, 0.2) is 6.20 Å². The fourth-order valence-corrected chi connectivity index (χ4v) is 1.68. The van der Waals surface area contributed by atoms with E-state index in [1.54, 1.807) is 6.20 Å². The number of aryl methyl sites for hydroxylation is 1. The number of amides is 1. The van der Waals surface area contributed by atoms with Crippen molar-refractivity contribution in [3.05, 3.63) is 11.8 Å². The molecule has 6 nitrogen and oxygen atoms in total. The summed E-state index contributed by atoms with van der Waals surface area (Å²) < 4.78 is 0. The lowest BCUT2D eigenvalue weighted by atomic mass is 10.2. The van der Waals surface area contributed by atoms with Gasteiger partial charge in [0, 0.05) is 30.8 Å². The van der Waals surface area contributed by atoms with Crippen LogP contribution in [-0.4, -0.2) is 28.5 Å². The Morgan fingerprint density at radius 3 is 3.19 bits per heavy atom. The first-order chi connectivity index (χ1) is 7.65. The lowest BCUT2D eigenvalue weighted by molar-refractivity contribution is -0.119. The maximum Gasteiger partial charge on any atom is 0.221 e. The third-order valence-electron chi connectivity index (χ3n) is 2.59. The molecular formula is C10H15N5O. The molecule has 4 N–H and O–H groups in total. The van der Waals surface area contributed by atoms with Gasteiger partial charge in [-0.15, -0.1) is 0 Å². The van der Waals surface area contributed by atoms with Crippen molar-refractivity contribution in [1.29, 1.82) is 0 Å². The van der Waals surface area contributed by atoms with E-state index in [-0.39, 0.29) is 17.9 Å². The van der Waals surface area contributed by atoms with Crippen LogP contribution in [0.1, 0.15) is 18.4 Å². The monoisotopic (exact) mass is 221 g/mol. The van der Waals surface area contributed by atoms with E-state index in [0.29, 0.717) is 13.0 Å². The second kappa shape index (κ2) is 4.34. The van der Waals surface area contributed by atoms with Crippen molar-refractivity contribution in [1.82, 2.24) is 15.3 Å². The summed E-state index contributed by atoms with van der Waals surface area (Å²) in [4.78, 5) is 19.0. The van der Waals surface area contributed by atoms with Gasteiger partial charge in [0.2, 0.25) is 11.9 Å². The number of nitrogens with one attached hydrogen (secondary N) is 2. The molecule has 2 rings (SSSR count). The van der Waals surface area contributed by atoms with E-state index in [4.69, 9.17) is 5.73 Å². The number of nitrogens with two attached hydrogens (primary N) is 1. The van der Waals surface area contributed by atoms with Crippen LogP contribution in [0.3, 0.4) is 0 Å². The van der Waals surface area contributed by atoms with Crippen molar-refractivity contribution in [2.75, 3.05) is 17.6 Å². The zero-order valence-electron chi connectivity index (χ0n) is 9.16. The van der Waals surface area contributed by atoms with E-state index in [9.17, 15) is 4.79 Å². The summed E-state index contributed by atoms with van der Waals surface area (Å²) in [6.45, 7) is 2.58. The first kappa shape index (κ1) is 10.7. The quantitative estimate of drug-likeness (QED) is 0.671. The average molecular weight is 221 g/mol. The van der Waals surface area contributed by atoms with Gasteiger partial charge >= 0.3 is 0 Å². The molecule has 1 aromatic rings. The summed E-state index contributed by atoms with van der Waals surface area (Å²) in [7, 11) is 0. The summed E-state index contributed by atoms with van der Waals surface area (Å²) >= 11 is 0. The molecule has 0 bridgehead atoms. The van der Waals surface area contributed by atoms with Crippen LogP contribution < -0.4 is 16.4 Å². The number of nitrogens with zero attached hydrogens (tertiary/aromatic N) is 2. The summed E-state index contributed by atoms with van der Waals surface area (Å²) in [6, 6.07) is 0.183. The molecule has 0 saturated carbocycles. The molecule has 16 heavy (non-hydrogen) atoms. The summed E-state index contributed by atoms with van der Waals surface area (Å²) in [5, 5.41) is 6.05. The van der Waals surface area contributed by atoms with Crippen LogP contribution in [0.5, 0.6) is 0 Å². The van der Waals surface area contributed by atoms with Crippen LogP contribution in [0, 0.1) is 6.92 Å². The lowest BCUT2D eigenvalue weighted by Crippen LogP contribution is -2.32. The van der Waals surface area contributed by atoms with Gasteiger partial charge in [0.15, 0.2) is 0 Å². The van der Waals surface area contributed by atoms with Gasteiger partial charge in [0.1, 0.15) is 5.82 Å². The Morgan fingerprint density at radius 1 is 1.69 bits per heavy atom. The molecule has 0 spiro atoms.